The van der Waals surface area contributed by atoms with Gasteiger partial charge in [-0.05, 0) is 58.0 Å². The van der Waals surface area contributed by atoms with Gasteiger partial charge in [0.05, 0.1) is 36.2 Å². The van der Waals surface area contributed by atoms with Crippen LogP contribution in [-0.4, -0.2) is 22.6 Å². The van der Waals surface area contributed by atoms with Crippen molar-refractivity contribution in [3.63, 3.8) is 0 Å². The van der Waals surface area contributed by atoms with Crippen LogP contribution in [0.5, 0.6) is 0 Å². The van der Waals surface area contributed by atoms with Crippen molar-refractivity contribution in [3.05, 3.63) is 169 Å². The van der Waals surface area contributed by atoms with E-state index in [1.165, 1.54) is 48.8 Å². The Morgan fingerprint density at radius 1 is 0.754 bits per heavy atom. The minimum atomic E-state index is -1.35. The topological polar surface area (TPSA) is 43.9 Å². The third kappa shape index (κ3) is 8.59. The van der Waals surface area contributed by atoms with E-state index in [2.05, 4.69) is 166 Å². The Morgan fingerprint density at radius 2 is 1.49 bits per heavy atom. The van der Waals surface area contributed by atoms with Gasteiger partial charge in [-0.2, -0.15) is 0 Å². The Balaban J connectivity index is 0.000000191. The van der Waals surface area contributed by atoms with Gasteiger partial charge in [0.15, 0.2) is 0 Å². The van der Waals surface area contributed by atoms with Crippen molar-refractivity contribution in [2.45, 2.75) is 77.9 Å². The summed E-state index contributed by atoms with van der Waals surface area (Å²) in [7, 11) is -1.35. The molecule has 1 fully saturated rings. The fourth-order valence-corrected chi connectivity index (χ4v) is 10.7. The second kappa shape index (κ2) is 17.5. The number of nitrogens with zero attached hydrogens (tertiary/aromatic N) is 3. The molecule has 6 heteroatoms. The van der Waals surface area contributed by atoms with Crippen LogP contribution in [0.3, 0.4) is 0 Å². The molecular weight excluding hydrogens is 939 g/mol. The number of furan rings is 1. The molecule has 3 aromatic heterocycles. The number of para-hydroxylation sites is 4. The third-order valence-electron chi connectivity index (χ3n) is 12.0. The molecule has 309 valence electrons. The average Bonchev–Trinajstić information content (AvgIpc) is 4.01. The first-order chi connectivity index (χ1) is 29.0. The molecule has 0 unspecified atom stereocenters. The maximum absolute atomic E-state index is 6.45. The summed E-state index contributed by atoms with van der Waals surface area (Å²) in [5.41, 5.74) is 12.9. The predicted octanol–water partition coefficient (Wildman–Crippen LogP) is 14.2. The monoisotopic (exact) mass is 992 g/mol. The van der Waals surface area contributed by atoms with E-state index in [1.54, 1.807) is 10.8 Å². The van der Waals surface area contributed by atoms with Crippen LogP contribution in [0.1, 0.15) is 57.6 Å². The van der Waals surface area contributed by atoms with Crippen molar-refractivity contribution in [1.82, 2.24) is 14.5 Å². The maximum Gasteiger partial charge on any atom is 0.120 e. The molecule has 9 aromatic rings. The molecule has 0 amide bonds. The van der Waals surface area contributed by atoms with Crippen molar-refractivity contribution >= 4 is 46.2 Å². The molecule has 0 N–H and O–H groups in total. The van der Waals surface area contributed by atoms with Crippen LogP contribution in [0.2, 0.25) is 19.6 Å². The minimum Gasteiger partial charge on any atom is -0.501 e. The summed E-state index contributed by atoms with van der Waals surface area (Å²) in [4.78, 5) is 9.96. The first-order valence-corrected chi connectivity index (χ1v) is 25.0. The Labute approximate surface area is 375 Å². The fraction of sp³-hybridized carbons (Fsp3) is 0.236. The fourth-order valence-electron chi connectivity index (χ4n) is 9.08. The molecule has 61 heavy (non-hydrogen) atoms. The minimum absolute atomic E-state index is 0. The zero-order valence-corrected chi connectivity index (χ0v) is 39.4. The number of pyridine rings is 1. The molecule has 0 spiro atoms. The van der Waals surface area contributed by atoms with E-state index in [-0.39, 0.29) is 25.5 Å². The third-order valence-corrected chi connectivity index (χ3v) is 14.1. The smallest absolute Gasteiger partial charge is 0.120 e. The largest absolute Gasteiger partial charge is 0.501 e. The van der Waals surface area contributed by atoms with E-state index >= 15 is 0 Å². The summed E-state index contributed by atoms with van der Waals surface area (Å²) in [6.45, 7) is 14.1. The number of hydrogen-bond donors (Lipinski definition) is 0. The van der Waals surface area contributed by atoms with Crippen molar-refractivity contribution in [3.8, 4) is 39.5 Å². The zero-order valence-electron chi connectivity index (χ0n) is 36.1. The van der Waals surface area contributed by atoms with Crippen molar-refractivity contribution in [1.29, 1.82) is 0 Å². The van der Waals surface area contributed by atoms with Gasteiger partial charge in [0.2, 0.25) is 0 Å². The van der Waals surface area contributed by atoms with E-state index in [9.17, 15) is 0 Å². The van der Waals surface area contributed by atoms with Crippen molar-refractivity contribution in [2.75, 3.05) is 0 Å². The van der Waals surface area contributed by atoms with Crippen molar-refractivity contribution < 1.29 is 24.5 Å². The van der Waals surface area contributed by atoms with E-state index in [0.717, 1.165) is 67.2 Å². The Kier molecular flexibility index (Phi) is 12.2. The first kappa shape index (κ1) is 42.3. The summed E-state index contributed by atoms with van der Waals surface area (Å²) in [6.07, 6.45) is 9.03. The molecule has 0 atom stereocenters. The van der Waals surface area contributed by atoms with Crippen LogP contribution >= 0.6 is 0 Å². The molecule has 1 saturated carbocycles. The van der Waals surface area contributed by atoms with Gasteiger partial charge in [-0.3, -0.25) is 4.98 Å². The molecule has 1 aliphatic rings. The summed E-state index contributed by atoms with van der Waals surface area (Å²) in [5, 5.41) is 3.71. The van der Waals surface area contributed by atoms with Gasteiger partial charge in [0.1, 0.15) is 5.58 Å². The molecule has 1 aliphatic carbocycles. The molecule has 1 radical (unpaired) electrons. The average molecular weight is 992 g/mol. The van der Waals surface area contributed by atoms with Gasteiger partial charge >= 0.3 is 0 Å². The Morgan fingerprint density at radius 3 is 2.25 bits per heavy atom. The second-order valence-electron chi connectivity index (χ2n) is 18.4. The number of benzene rings is 6. The Hall–Kier alpha value is -5.39. The number of rotatable bonds is 7. The maximum atomic E-state index is 6.45. The summed E-state index contributed by atoms with van der Waals surface area (Å²) in [6, 6.07) is 55.1. The quantitative estimate of drug-likeness (QED) is 0.118. The van der Waals surface area contributed by atoms with Gasteiger partial charge in [0, 0.05) is 37.3 Å². The van der Waals surface area contributed by atoms with Crippen LogP contribution in [0.15, 0.2) is 150 Å². The molecule has 0 aliphatic heterocycles. The van der Waals surface area contributed by atoms with Gasteiger partial charge in [-0.25, -0.2) is 0 Å². The summed E-state index contributed by atoms with van der Waals surface area (Å²) >= 11 is 0. The summed E-state index contributed by atoms with van der Waals surface area (Å²) < 4.78 is 8.77. The number of fused-ring (bicyclic) bond motifs is 4. The van der Waals surface area contributed by atoms with E-state index in [0.29, 0.717) is 0 Å². The molecule has 0 bridgehead atoms. The number of imidazole rings is 1. The van der Waals surface area contributed by atoms with Crippen LogP contribution < -0.4 is 5.19 Å². The molecule has 3 heterocycles. The van der Waals surface area contributed by atoms with Gasteiger partial charge in [-0.1, -0.05) is 168 Å². The Bertz CT molecular complexity index is 2930. The summed E-state index contributed by atoms with van der Waals surface area (Å²) in [5.74, 6) is 1.70. The normalized spacial score (nSPS) is 13.3. The number of aromatic nitrogens is 3. The van der Waals surface area contributed by atoms with Crippen LogP contribution in [0.25, 0.3) is 72.4 Å². The van der Waals surface area contributed by atoms with E-state index in [4.69, 9.17) is 14.4 Å². The van der Waals surface area contributed by atoms with Gasteiger partial charge < -0.3 is 14.0 Å². The number of hydrogen-bond acceptors (Lipinski definition) is 3. The van der Waals surface area contributed by atoms with Gasteiger partial charge in [-0.15, -0.1) is 54.1 Å². The SMILES string of the molecule is CC(C)(C)c1cccc(-c2ccccc2)c1-n1c(-c2[c-]ccc3c2oc2ccccc23)nc2ccccc21.C[Si](C)(C)c1cnc(-c2[c-]cccc2)cc1CC1CCCC1.[Ir]. The molecular formula is C55H53IrN3OSi-2. The molecule has 0 saturated heterocycles. The first-order valence-electron chi connectivity index (χ1n) is 21.5. The molecule has 4 nitrogen and oxygen atoms in total. The second-order valence-corrected chi connectivity index (χ2v) is 23.4. The van der Waals surface area contributed by atoms with E-state index in [1.807, 2.05) is 36.4 Å². The van der Waals surface area contributed by atoms with Crippen molar-refractivity contribution in [2.24, 2.45) is 5.92 Å². The van der Waals surface area contributed by atoms with Crippen LogP contribution in [0, 0.1) is 18.1 Å². The van der Waals surface area contributed by atoms with Crippen LogP contribution in [-0.2, 0) is 31.9 Å². The zero-order chi connectivity index (χ0) is 41.4. The predicted molar refractivity (Wildman–Crippen MR) is 254 cm³/mol. The molecule has 10 rings (SSSR count). The standard InChI is InChI=1S/C35H27N2O.C20H26NSi.Ir/c1-35(2,3)28-19-12-16-24(23-13-5-4-6-14-23)32(28)37-30-21-9-8-20-29(30)36-34(37)27-18-11-17-26-25-15-7-10-22-31(25)38-33(26)27;1-22(2,3)20-15-21-19(17-11-5-4-6-12-17)14-18(20)13-16-9-7-8-10-16;/h4-17,19-22H,1-3H3;4-6,11,14-16H,7-10,13H2,1-3H3;/q2*-1;. The van der Waals surface area contributed by atoms with Gasteiger partial charge in [0.25, 0.3) is 0 Å². The van der Waals surface area contributed by atoms with Crippen LogP contribution in [0.4, 0.5) is 0 Å². The van der Waals surface area contributed by atoms with E-state index < -0.39 is 8.07 Å². The molecule has 6 aromatic carbocycles.